The summed E-state index contributed by atoms with van der Waals surface area (Å²) < 4.78 is 10.2. The number of aldehydes is 1. The average Bonchev–Trinajstić information content (AvgIpc) is 2.18. The van der Waals surface area contributed by atoms with Gasteiger partial charge in [-0.15, -0.1) is 0 Å². The minimum Gasteiger partial charge on any atom is -0.465 e. The lowest BCUT2D eigenvalue weighted by Crippen LogP contribution is -2.14. The van der Waals surface area contributed by atoms with E-state index in [1.165, 1.54) is 0 Å². The number of carbonyl (C=O) groups excluding carboxylic acids is 1. The van der Waals surface area contributed by atoms with Crippen LogP contribution in [0.25, 0.3) is 0 Å². The fourth-order valence-corrected chi connectivity index (χ4v) is 0.912. The SMILES string of the molecule is COC(C)Oc1ccccc1C=O. The van der Waals surface area contributed by atoms with E-state index in [0.717, 1.165) is 6.29 Å². The molecule has 0 aliphatic heterocycles. The first-order valence-corrected chi connectivity index (χ1v) is 4.01. The zero-order valence-corrected chi connectivity index (χ0v) is 7.69. The second-order valence-corrected chi connectivity index (χ2v) is 2.58. The first-order chi connectivity index (χ1) is 6.27. The largest absolute Gasteiger partial charge is 0.465 e. The maximum atomic E-state index is 10.6. The van der Waals surface area contributed by atoms with Gasteiger partial charge in [0.25, 0.3) is 0 Å². The molecule has 1 aromatic carbocycles. The molecule has 13 heavy (non-hydrogen) atoms. The molecule has 3 nitrogen and oxygen atoms in total. The number of benzene rings is 1. The highest BCUT2D eigenvalue weighted by Crippen LogP contribution is 2.17. The van der Waals surface area contributed by atoms with Crippen LogP contribution in [0.2, 0.25) is 0 Å². The fraction of sp³-hybridized carbons (Fsp3) is 0.300. The minimum atomic E-state index is -0.346. The summed E-state index contributed by atoms with van der Waals surface area (Å²) in [6, 6.07) is 7.03. The highest BCUT2D eigenvalue weighted by Gasteiger charge is 2.05. The van der Waals surface area contributed by atoms with Crippen molar-refractivity contribution >= 4 is 6.29 Å². The third-order valence-corrected chi connectivity index (χ3v) is 1.67. The van der Waals surface area contributed by atoms with Crippen LogP contribution in [0.5, 0.6) is 5.75 Å². The van der Waals surface area contributed by atoms with Gasteiger partial charge in [0.2, 0.25) is 0 Å². The summed E-state index contributed by atoms with van der Waals surface area (Å²) in [4.78, 5) is 10.6. The lowest BCUT2D eigenvalue weighted by Gasteiger charge is -2.13. The second-order valence-electron chi connectivity index (χ2n) is 2.58. The van der Waals surface area contributed by atoms with Crippen molar-refractivity contribution in [2.45, 2.75) is 13.2 Å². The van der Waals surface area contributed by atoms with Gasteiger partial charge < -0.3 is 9.47 Å². The van der Waals surface area contributed by atoms with E-state index in [1.54, 1.807) is 32.2 Å². The van der Waals surface area contributed by atoms with Crippen LogP contribution in [0.1, 0.15) is 17.3 Å². The molecule has 0 radical (unpaired) electrons. The standard InChI is InChI=1S/C10H12O3/c1-8(12-2)13-10-6-4-3-5-9(10)7-11/h3-8H,1-2H3. The number of carbonyl (C=O) groups is 1. The zero-order chi connectivity index (χ0) is 9.68. The highest BCUT2D eigenvalue weighted by atomic mass is 16.7. The lowest BCUT2D eigenvalue weighted by molar-refractivity contribution is -0.0384. The van der Waals surface area contributed by atoms with Crippen molar-refractivity contribution in [3.05, 3.63) is 29.8 Å². The number of hydrogen-bond donors (Lipinski definition) is 0. The maximum absolute atomic E-state index is 10.6. The molecule has 1 aromatic rings. The van der Waals surface area contributed by atoms with E-state index in [4.69, 9.17) is 9.47 Å². The molecule has 0 amide bonds. The van der Waals surface area contributed by atoms with Crippen LogP contribution >= 0.6 is 0 Å². The van der Waals surface area contributed by atoms with Gasteiger partial charge in [-0.25, -0.2) is 0 Å². The van der Waals surface area contributed by atoms with E-state index in [1.807, 2.05) is 6.07 Å². The Balaban J connectivity index is 2.80. The molecule has 0 aliphatic carbocycles. The van der Waals surface area contributed by atoms with E-state index in [2.05, 4.69) is 0 Å². The second kappa shape index (κ2) is 4.62. The van der Waals surface area contributed by atoms with Crippen molar-refractivity contribution in [1.29, 1.82) is 0 Å². The molecule has 1 unspecified atom stereocenters. The Morgan fingerprint density at radius 3 is 2.69 bits per heavy atom. The van der Waals surface area contributed by atoms with E-state index in [-0.39, 0.29) is 6.29 Å². The summed E-state index contributed by atoms with van der Waals surface area (Å²) in [7, 11) is 1.55. The number of methoxy groups -OCH3 is 1. The predicted molar refractivity (Wildman–Crippen MR) is 48.9 cm³/mol. The molecule has 1 atom stereocenters. The van der Waals surface area contributed by atoms with E-state index in [9.17, 15) is 4.79 Å². The summed E-state index contributed by atoms with van der Waals surface area (Å²) in [6.45, 7) is 1.77. The molecule has 0 spiro atoms. The van der Waals surface area contributed by atoms with Crippen molar-refractivity contribution in [3.63, 3.8) is 0 Å². The van der Waals surface area contributed by atoms with Crippen LogP contribution in [-0.4, -0.2) is 19.7 Å². The molecule has 3 heteroatoms. The van der Waals surface area contributed by atoms with Gasteiger partial charge in [-0.1, -0.05) is 12.1 Å². The molecule has 70 valence electrons. The van der Waals surface area contributed by atoms with Gasteiger partial charge in [0.15, 0.2) is 12.6 Å². The summed E-state index contributed by atoms with van der Waals surface area (Å²) in [5, 5.41) is 0. The summed E-state index contributed by atoms with van der Waals surface area (Å²) in [5.41, 5.74) is 0.534. The molecule has 0 fully saturated rings. The number of hydrogen-bond acceptors (Lipinski definition) is 3. The van der Waals surface area contributed by atoms with Crippen LogP contribution in [0, 0.1) is 0 Å². The Labute approximate surface area is 77.3 Å². The third kappa shape index (κ3) is 2.56. The van der Waals surface area contributed by atoms with Crippen LogP contribution in [0.3, 0.4) is 0 Å². The topological polar surface area (TPSA) is 35.5 Å². The number of ether oxygens (including phenoxy) is 2. The Kier molecular flexibility index (Phi) is 3.46. The zero-order valence-electron chi connectivity index (χ0n) is 7.69. The summed E-state index contributed by atoms with van der Waals surface area (Å²) in [5.74, 6) is 0.548. The van der Waals surface area contributed by atoms with Crippen LogP contribution in [-0.2, 0) is 4.74 Å². The molecule has 0 saturated carbocycles. The molecule has 0 saturated heterocycles. The third-order valence-electron chi connectivity index (χ3n) is 1.67. The Hall–Kier alpha value is -1.35. The molecule has 1 rings (SSSR count). The molecule has 0 heterocycles. The molecule has 0 N–H and O–H groups in total. The number of rotatable bonds is 4. The van der Waals surface area contributed by atoms with E-state index in [0.29, 0.717) is 11.3 Å². The smallest absolute Gasteiger partial charge is 0.196 e. The van der Waals surface area contributed by atoms with Gasteiger partial charge in [-0.3, -0.25) is 4.79 Å². The summed E-state index contributed by atoms with van der Waals surface area (Å²) >= 11 is 0. The van der Waals surface area contributed by atoms with Gasteiger partial charge in [0.05, 0.1) is 5.56 Å². The van der Waals surface area contributed by atoms with Crippen molar-refractivity contribution in [1.82, 2.24) is 0 Å². The Bertz CT molecular complexity index is 283. The monoisotopic (exact) mass is 180 g/mol. The van der Waals surface area contributed by atoms with Gasteiger partial charge in [-0.2, -0.15) is 0 Å². The molecule has 0 aliphatic rings. The highest BCUT2D eigenvalue weighted by molar-refractivity contribution is 5.79. The molecular formula is C10H12O3. The maximum Gasteiger partial charge on any atom is 0.196 e. The lowest BCUT2D eigenvalue weighted by atomic mass is 10.2. The number of para-hydroxylation sites is 1. The Morgan fingerprint density at radius 1 is 1.38 bits per heavy atom. The van der Waals surface area contributed by atoms with E-state index >= 15 is 0 Å². The van der Waals surface area contributed by atoms with E-state index < -0.39 is 0 Å². The first kappa shape index (κ1) is 9.74. The van der Waals surface area contributed by atoms with Crippen molar-refractivity contribution < 1.29 is 14.3 Å². The quantitative estimate of drug-likeness (QED) is 0.524. The van der Waals surface area contributed by atoms with Crippen LogP contribution in [0.4, 0.5) is 0 Å². The Morgan fingerprint density at radius 2 is 2.08 bits per heavy atom. The summed E-state index contributed by atoms with van der Waals surface area (Å²) in [6.07, 6.45) is 0.415. The van der Waals surface area contributed by atoms with Crippen molar-refractivity contribution in [3.8, 4) is 5.75 Å². The van der Waals surface area contributed by atoms with Crippen LogP contribution < -0.4 is 4.74 Å². The van der Waals surface area contributed by atoms with Crippen molar-refractivity contribution in [2.24, 2.45) is 0 Å². The average molecular weight is 180 g/mol. The van der Waals surface area contributed by atoms with Gasteiger partial charge >= 0.3 is 0 Å². The molecular weight excluding hydrogens is 168 g/mol. The predicted octanol–water partition coefficient (Wildman–Crippen LogP) is 1.87. The molecule has 0 bridgehead atoms. The minimum absolute atomic E-state index is 0.346. The van der Waals surface area contributed by atoms with Gasteiger partial charge in [0, 0.05) is 7.11 Å². The first-order valence-electron chi connectivity index (χ1n) is 4.01. The molecule has 0 aromatic heterocycles. The van der Waals surface area contributed by atoms with Crippen molar-refractivity contribution in [2.75, 3.05) is 7.11 Å². The normalized spacial score (nSPS) is 12.2. The van der Waals surface area contributed by atoms with Crippen LogP contribution in [0.15, 0.2) is 24.3 Å². The van der Waals surface area contributed by atoms with Gasteiger partial charge in [0.1, 0.15) is 5.75 Å². The van der Waals surface area contributed by atoms with Gasteiger partial charge in [-0.05, 0) is 19.1 Å². The fourth-order valence-electron chi connectivity index (χ4n) is 0.912.